The summed E-state index contributed by atoms with van der Waals surface area (Å²) in [7, 11) is 0. The van der Waals surface area contributed by atoms with E-state index in [-0.39, 0.29) is 21.3 Å². The van der Waals surface area contributed by atoms with Gasteiger partial charge in [-0.25, -0.2) is 0 Å². The molecule has 0 aromatic heterocycles. The highest BCUT2D eigenvalue weighted by Gasteiger charge is 2.14. The normalized spacial score (nSPS) is 11.3. The molecule has 0 saturated carbocycles. The van der Waals surface area contributed by atoms with Crippen LogP contribution in [0.2, 0.25) is 0 Å². The molecule has 0 bridgehead atoms. The van der Waals surface area contributed by atoms with E-state index < -0.39 is 16.3 Å². The van der Waals surface area contributed by atoms with E-state index in [0.29, 0.717) is 17.4 Å². The van der Waals surface area contributed by atoms with E-state index in [4.69, 9.17) is 0 Å². The second kappa shape index (κ2) is 5.30. The van der Waals surface area contributed by atoms with Crippen molar-refractivity contribution < 1.29 is 0 Å². The van der Waals surface area contributed by atoms with E-state index in [1.54, 1.807) is 18.2 Å². The molecule has 0 spiro atoms. The maximum absolute atomic E-state index is 12.5. The van der Waals surface area contributed by atoms with Crippen LogP contribution in [0, 0.1) is 10.4 Å². The van der Waals surface area contributed by atoms with Gasteiger partial charge in [-0.1, -0.05) is 37.6 Å². The van der Waals surface area contributed by atoms with Gasteiger partial charge in [0.25, 0.3) is 0 Å². The molecule has 3 rings (SSSR count). The standard InChI is InChI=1S/C18H14O4/c1-2-3-6-10-9-13-14(18(22)15(10)19)17(21)12-8-5-4-7-11(12)16(13)20/h4-5,7-9H,2-3,6H2,1H3. The third-order valence-electron chi connectivity index (χ3n) is 4.00. The largest absolute Gasteiger partial charge is 0.289 e. The first kappa shape index (κ1) is 14.3. The van der Waals surface area contributed by atoms with Gasteiger partial charge >= 0.3 is 0 Å². The number of aryl methyl sites for hydroxylation is 1. The van der Waals surface area contributed by atoms with Crippen LogP contribution in [0.25, 0.3) is 10.8 Å². The van der Waals surface area contributed by atoms with Crippen molar-refractivity contribution >= 4 is 10.8 Å². The highest BCUT2D eigenvalue weighted by atomic mass is 16.2. The Morgan fingerprint density at radius 1 is 0.818 bits per heavy atom. The summed E-state index contributed by atoms with van der Waals surface area (Å²) in [4.78, 5) is 49.4. The minimum atomic E-state index is -0.851. The molecule has 0 radical (unpaired) electrons. The Bertz CT molecular complexity index is 1140. The van der Waals surface area contributed by atoms with Gasteiger partial charge in [-0.05, 0) is 18.9 Å². The number of hydrogen-bond donors (Lipinski definition) is 0. The molecule has 0 amide bonds. The summed E-state index contributed by atoms with van der Waals surface area (Å²) in [6.07, 6.45) is 2.08. The molecule has 22 heavy (non-hydrogen) atoms. The maximum atomic E-state index is 12.5. The Kier molecular flexibility index (Phi) is 3.45. The van der Waals surface area contributed by atoms with Crippen LogP contribution in [0.1, 0.15) is 25.3 Å². The fraction of sp³-hybridized carbons (Fsp3) is 0.222. The SMILES string of the molecule is CCCCc1cc2c(=O)c3ccccc3c(=O)c=2c(=O)c1=O. The Morgan fingerprint density at radius 3 is 2.09 bits per heavy atom. The van der Waals surface area contributed by atoms with Crippen molar-refractivity contribution in [3.8, 4) is 0 Å². The predicted octanol–water partition coefficient (Wildman–Crippen LogP) is 1.22. The fourth-order valence-corrected chi connectivity index (χ4v) is 2.81. The molecule has 1 aromatic carbocycles. The van der Waals surface area contributed by atoms with Gasteiger partial charge in [0.1, 0.15) is 0 Å². The highest BCUT2D eigenvalue weighted by molar-refractivity contribution is 5.82. The van der Waals surface area contributed by atoms with Gasteiger partial charge in [-0.2, -0.15) is 0 Å². The monoisotopic (exact) mass is 294 g/mol. The fourth-order valence-electron chi connectivity index (χ4n) is 2.81. The van der Waals surface area contributed by atoms with Crippen molar-refractivity contribution in [1.82, 2.24) is 0 Å². The third-order valence-corrected chi connectivity index (χ3v) is 4.00. The number of hydrogen-bond acceptors (Lipinski definition) is 4. The summed E-state index contributed by atoms with van der Waals surface area (Å²) in [5.74, 6) is 0. The second-order valence-corrected chi connectivity index (χ2v) is 5.42. The van der Waals surface area contributed by atoms with Crippen LogP contribution in [0.3, 0.4) is 0 Å². The summed E-state index contributed by atoms with van der Waals surface area (Å²) >= 11 is 0. The first-order valence-electron chi connectivity index (χ1n) is 7.28. The van der Waals surface area contributed by atoms with Crippen molar-refractivity contribution in [1.29, 1.82) is 0 Å². The van der Waals surface area contributed by atoms with Gasteiger partial charge in [-0.3, -0.25) is 19.2 Å². The number of benzene rings is 1. The number of fused-ring (bicyclic) bond motifs is 1. The summed E-state index contributed by atoms with van der Waals surface area (Å²) in [6, 6.07) is 7.82. The predicted molar refractivity (Wildman–Crippen MR) is 85.3 cm³/mol. The van der Waals surface area contributed by atoms with Gasteiger partial charge in [0, 0.05) is 21.6 Å². The van der Waals surface area contributed by atoms with Crippen LogP contribution in [0.4, 0.5) is 0 Å². The van der Waals surface area contributed by atoms with Crippen LogP contribution in [0.5, 0.6) is 0 Å². The molecule has 0 aliphatic heterocycles. The smallest absolute Gasteiger partial charge is 0.237 e. The van der Waals surface area contributed by atoms with E-state index in [2.05, 4.69) is 0 Å². The third kappa shape index (κ3) is 1.99. The summed E-state index contributed by atoms with van der Waals surface area (Å²) < 4.78 is 0. The lowest BCUT2D eigenvalue weighted by atomic mass is 10.0. The van der Waals surface area contributed by atoms with Crippen molar-refractivity contribution in [3.05, 3.63) is 87.2 Å². The van der Waals surface area contributed by atoms with Crippen molar-refractivity contribution in [2.75, 3.05) is 0 Å². The van der Waals surface area contributed by atoms with Crippen molar-refractivity contribution in [2.45, 2.75) is 26.2 Å². The molecule has 0 N–H and O–H groups in total. The Morgan fingerprint density at radius 2 is 1.45 bits per heavy atom. The zero-order valence-electron chi connectivity index (χ0n) is 12.1. The van der Waals surface area contributed by atoms with E-state index >= 15 is 0 Å². The lowest BCUT2D eigenvalue weighted by Crippen LogP contribution is -2.34. The zero-order valence-corrected chi connectivity index (χ0v) is 12.1. The molecule has 0 unspecified atom stereocenters. The molecule has 0 heterocycles. The molecule has 2 aliphatic rings. The van der Waals surface area contributed by atoms with E-state index in [9.17, 15) is 19.2 Å². The molecule has 2 aliphatic carbocycles. The van der Waals surface area contributed by atoms with Crippen LogP contribution in [-0.4, -0.2) is 0 Å². The lowest BCUT2D eigenvalue weighted by Gasteiger charge is -2.01. The first-order chi connectivity index (χ1) is 10.6. The van der Waals surface area contributed by atoms with E-state index in [1.165, 1.54) is 12.1 Å². The van der Waals surface area contributed by atoms with Crippen molar-refractivity contribution in [3.63, 3.8) is 0 Å². The van der Waals surface area contributed by atoms with Gasteiger partial charge < -0.3 is 0 Å². The molecule has 110 valence electrons. The van der Waals surface area contributed by atoms with Crippen LogP contribution in [0.15, 0.2) is 49.5 Å². The average Bonchev–Trinajstić information content (AvgIpc) is 2.54. The first-order valence-corrected chi connectivity index (χ1v) is 7.28. The Hall–Kier alpha value is -2.62. The molecule has 4 heteroatoms. The molecule has 0 atom stereocenters. The maximum Gasteiger partial charge on any atom is 0.237 e. The van der Waals surface area contributed by atoms with E-state index in [0.717, 1.165) is 12.8 Å². The molecular formula is C18H14O4. The molecule has 1 aromatic rings. The second-order valence-electron chi connectivity index (χ2n) is 5.42. The van der Waals surface area contributed by atoms with E-state index in [1.807, 2.05) is 6.92 Å². The highest BCUT2D eigenvalue weighted by Crippen LogP contribution is 2.06. The summed E-state index contributed by atoms with van der Waals surface area (Å²) in [6.45, 7) is 1.98. The lowest BCUT2D eigenvalue weighted by molar-refractivity contribution is 0.789. The average molecular weight is 294 g/mol. The quantitative estimate of drug-likeness (QED) is 0.681. The Labute approximate surface area is 125 Å². The van der Waals surface area contributed by atoms with Gasteiger partial charge in [0.2, 0.25) is 10.9 Å². The summed E-state index contributed by atoms with van der Waals surface area (Å²) in [5.41, 5.74) is -2.08. The Balaban J connectivity index is 2.61. The van der Waals surface area contributed by atoms with Crippen LogP contribution < -0.4 is 21.7 Å². The minimum absolute atomic E-state index is 0.0689. The van der Waals surface area contributed by atoms with Crippen LogP contribution in [-0.2, 0) is 6.42 Å². The summed E-state index contributed by atoms with van der Waals surface area (Å²) in [5, 5.41) is 0.283. The molecular weight excluding hydrogens is 280 g/mol. The molecule has 4 nitrogen and oxygen atoms in total. The number of rotatable bonds is 3. The van der Waals surface area contributed by atoms with Gasteiger partial charge in [0.05, 0.1) is 5.22 Å². The van der Waals surface area contributed by atoms with Gasteiger partial charge in [0.15, 0.2) is 10.9 Å². The minimum Gasteiger partial charge on any atom is -0.289 e. The number of unbranched alkanes of at least 4 members (excludes halogenated alkanes) is 1. The van der Waals surface area contributed by atoms with Crippen molar-refractivity contribution in [2.24, 2.45) is 0 Å². The zero-order chi connectivity index (χ0) is 15.9. The van der Waals surface area contributed by atoms with Gasteiger partial charge in [-0.15, -0.1) is 0 Å². The topological polar surface area (TPSA) is 68.3 Å². The van der Waals surface area contributed by atoms with Crippen LogP contribution >= 0.6 is 0 Å². The molecule has 0 saturated heterocycles. The molecule has 0 fully saturated rings.